The first-order valence-corrected chi connectivity index (χ1v) is 12.0. The van der Waals surface area contributed by atoms with Gasteiger partial charge < -0.3 is 4.90 Å². The molecule has 0 N–H and O–H groups in total. The molecule has 2 unspecified atom stereocenters. The summed E-state index contributed by atoms with van der Waals surface area (Å²) in [7, 11) is -3.14. The van der Waals surface area contributed by atoms with E-state index in [2.05, 4.69) is 4.99 Å². The molecule has 0 radical (unpaired) electrons. The molecule has 2 saturated heterocycles. The van der Waals surface area contributed by atoms with Crippen LogP contribution in [-0.2, 0) is 14.6 Å². The van der Waals surface area contributed by atoms with Crippen molar-refractivity contribution in [2.45, 2.75) is 38.0 Å². The lowest BCUT2D eigenvalue weighted by molar-refractivity contribution is -0.121. The first-order valence-electron chi connectivity index (χ1n) is 8.50. The normalized spacial score (nSPS) is 25.9. The van der Waals surface area contributed by atoms with Crippen LogP contribution in [0.2, 0.25) is 10.0 Å². The van der Waals surface area contributed by atoms with Gasteiger partial charge in [-0.25, -0.2) is 8.42 Å². The number of anilines is 1. The summed E-state index contributed by atoms with van der Waals surface area (Å²) in [5.74, 6) is -0.256. The van der Waals surface area contributed by atoms with Gasteiger partial charge in [0.25, 0.3) is 5.91 Å². The lowest BCUT2D eigenvalue weighted by Gasteiger charge is -2.26. The van der Waals surface area contributed by atoms with Crippen LogP contribution in [0.1, 0.15) is 26.7 Å². The molecule has 0 bridgehead atoms. The van der Waals surface area contributed by atoms with Gasteiger partial charge in [0.2, 0.25) is 0 Å². The second-order valence-corrected chi connectivity index (χ2v) is 10.7. The topological polar surface area (TPSA) is 66.8 Å². The second kappa shape index (κ2) is 7.70. The smallest absolute Gasteiger partial charge is 0.251 e. The summed E-state index contributed by atoms with van der Waals surface area (Å²) in [6, 6.07) is 4.80. The van der Waals surface area contributed by atoms with Crippen LogP contribution < -0.4 is 4.90 Å². The number of rotatable bonds is 4. The van der Waals surface area contributed by atoms with E-state index in [1.165, 1.54) is 11.8 Å². The third-order valence-electron chi connectivity index (χ3n) is 4.79. The Morgan fingerprint density at radius 1 is 1.27 bits per heavy atom. The average molecular weight is 435 g/mol. The summed E-state index contributed by atoms with van der Waals surface area (Å²) in [6.07, 6.45) is 1.43. The average Bonchev–Trinajstić information content (AvgIpc) is 3.01. The molecule has 9 heteroatoms. The molecule has 1 aromatic rings. The zero-order valence-corrected chi connectivity index (χ0v) is 17.6. The molecule has 1 aromatic carbocycles. The number of hydrogen-bond donors (Lipinski definition) is 0. The van der Waals surface area contributed by atoms with E-state index in [0.29, 0.717) is 33.7 Å². The van der Waals surface area contributed by atoms with Gasteiger partial charge in [0.05, 0.1) is 33.3 Å². The fourth-order valence-corrected chi connectivity index (χ4v) is 7.85. The van der Waals surface area contributed by atoms with Gasteiger partial charge in [0.1, 0.15) is 0 Å². The Labute approximate surface area is 168 Å². The standard InChI is InChI=1S/C17H20Cl2N2O3S2/c1-3-10(4-2)16(22)20-17-21(15-11(18)6-5-7-12(15)19)13-8-26(23,24)9-14(13)25-17/h5-7,10,13-14H,3-4,8-9H2,1-2H3. The van der Waals surface area contributed by atoms with Gasteiger partial charge in [-0.05, 0) is 25.0 Å². The number of para-hydroxylation sites is 1. The molecule has 0 aromatic heterocycles. The number of aliphatic imine (C=N–C) groups is 1. The van der Waals surface area contributed by atoms with Crippen LogP contribution in [0.5, 0.6) is 0 Å². The van der Waals surface area contributed by atoms with Gasteiger partial charge >= 0.3 is 0 Å². The third kappa shape index (κ3) is 3.77. The van der Waals surface area contributed by atoms with Gasteiger partial charge in [-0.1, -0.05) is 54.9 Å². The zero-order chi connectivity index (χ0) is 19.1. The second-order valence-electron chi connectivity index (χ2n) is 6.49. The highest BCUT2D eigenvalue weighted by Crippen LogP contribution is 2.45. The highest BCUT2D eigenvalue weighted by atomic mass is 35.5. The Kier molecular flexibility index (Phi) is 5.92. The van der Waals surface area contributed by atoms with Gasteiger partial charge in [-0.15, -0.1) is 0 Å². The van der Waals surface area contributed by atoms with Crippen molar-refractivity contribution >= 4 is 61.6 Å². The maximum absolute atomic E-state index is 12.5. The van der Waals surface area contributed by atoms with E-state index in [1.54, 1.807) is 23.1 Å². The zero-order valence-electron chi connectivity index (χ0n) is 14.5. The van der Waals surface area contributed by atoms with Crippen molar-refractivity contribution in [2.75, 3.05) is 16.4 Å². The molecular formula is C17H20Cl2N2O3S2. The molecule has 2 fully saturated rings. The van der Waals surface area contributed by atoms with Gasteiger partial charge in [-0.3, -0.25) is 4.79 Å². The summed E-state index contributed by atoms with van der Waals surface area (Å²) in [4.78, 5) is 18.6. The summed E-state index contributed by atoms with van der Waals surface area (Å²) < 4.78 is 24.2. The number of nitrogens with zero attached hydrogens (tertiary/aromatic N) is 2. The number of thioether (sulfide) groups is 1. The lowest BCUT2D eigenvalue weighted by atomic mass is 10.0. The molecule has 3 rings (SSSR count). The summed E-state index contributed by atoms with van der Waals surface area (Å²) in [5.41, 5.74) is 0.518. The molecule has 0 saturated carbocycles. The Balaban J connectivity index is 2.06. The van der Waals surface area contributed by atoms with E-state index < -0.39 is 9.84 Å². The number of carbonyl (C=O) groups excluding carboxylic acids is 1. The highest BCUT2D eigenvalue weighted by Gasteiger charge is 2.50. The summed E-state index contributed by atoms with van der Waals surface area (Å²) in [5, 5.41) is 1.12. The number of fused-ring (bicyclic) bond motifs is 1. The largest absolute Gasteiger partial charge is 0.313 e. The van der Waals surface area contributed by atoms with E-state index in [1.807, 2.05) is 13.8 Å². The Hall–Kier alpha value is -0.760. The van der Waals surface area contributed by atoms with E-state index in [9.17, 15) is 13.2 Å². The van der Waals surface area contributed by atoms with Crippen molar-refractivity contribution in [3.05, 3.63) is 28.2 Å². The molecule has 2 heterocycles. The van der Waals surface area contributed by atoms with Crippen LogP contribution >= 0.6 is 35.0 Å². The van der Waals surface area contributed by atoms with Crippen LogP contribution in [0.15, 0.2) is 23.2 Å². The highest BCUT2D eigenvalue weighted by molar-refractivity contribution is 8.16. The van der Waals surface area contributed by atoms with Crippen LogP contribution in [0.25, 0.3) is 0 Å². The SMILES string of the molecule is CCC(CC)C(=O)N=C1SC2CS(=O)(=O)CC2N1c1c(Cl)cccc1Cl. The summed E-state index contributed by atoms with van der Waals surface area (Å²) in [6.45, 7) is 3.91. The Morgan fingerprint density at radius 2 is 1.88 bits per heavy atom. The molecule has 2 aliphatic rings. The molecule has 1 amide bonds. The maximum Gasteiger partial charge on any atom is 0.251 e. The number of halogens is 2. The van der Waals surface area contributed by atoms with Crippen LogP contribution in [0, 0.1) is 5.92 Å². The molecule has 0 spiro atoms. The lowest BCUT2D eigenvalue weighted by Crippen LogP contribution is -2.38. The minimum absolute atomic E-state index is 0.00438. The number of hydrogen-bond acceptors (Lipinski definition) is 4. The summed E-state index contributed by atoms with van der Waals surface area (Å²) >= 11 is 14.1. The first-order chi connectivity index (χ1) is 12.3. The Morgan fingerprint density at radius 3 is 2.46 bits per heavy atom. The minimum atomic E-state index is -3.14. The molecule has 26 heavy (non-hydrogen) atoms. The number of amides is 1. The molecule has 0 aliphatic carbocycles. The van der Waals surface area contributed by atoms with Crippen LogP contribution in [0.3, 0.4) is 0 Å². The predicted molar refractivity (Wildman–Crippen MR) is 109 cm³/mol. The van der Waals surface area contributed by atoms with E-state index in [-0.39, 0.29) is 34.6 Å². The van der Waals surface area contributed by atoms with Crippen molar-refractivity contribution in [3.63, 3.8) is 0 Å². The quantitative estimate of drug-likeness (QED) is 0.715. The number of carbonyl (C=O) groups is 1. The van der Waals surface area contributed by atoms with Crippen molar-refractivity contribution in [2.24, 2.45) is 10.9 Å². The Bertz CT molecular complexity index is 833. The maximum atomic E-state index is 12.5. The molecule has 5 nitrogen and oxygen atoms in total. The fraction of sp³-hybridized carbons (Fsp3) is 0.529. The van der Waals surface area contributed by atoms with Crippen molar-refractivity contribution in [3.8, 4) is 0 Å². The van der Waals surface area contributed by atoms with Crippen molar-refractivity contribution in [1.82, 2.24) is 0 Å². The third-order valence-corrected chi connectivity index (χ3v) is 8.61. The molecular weight excluding hydrogens is 415 g/mol. The number of amidine groups is 1. The van der Waals surface area contributed by atoms with E-state index in [0.717, 1.165) is 0 Å². The monoisotopic (exact) mass is 434 g/mol. The van der Waals surface area contributed by atoms with Crippen LogP contribution in [0.4, 0.5) is 5.69 Å². The predicted octanol–water partition coefficient (Wildman–Crippen LogP) is 4.03. The van der Waals surface area contributed by atoms with Crippen molar-refractivity contribution in [1.29, 1.82) is 0 Å². The minimum Gasteiger partial charge on any atom is -0.313 e. The van der Waals surface area contributed by atoms with E-state index in [4.69, 9.17) is 23.2 Å². The number of sulfone groups is 1. The van der Waals surface area contributed by atoms with Gasteiger partial charge in [-0.2, -0.15) is 4.99 Å². The molecule has 2 aliphatic heterocycles. The first kappa shape index (κ1) is 20.0. The van der Waals surface area contributed by atoms with Gasteiger partial charge in [0.15, 0.2) is 15.0 Å². The molecule has 2 atom stereocenters. The number of benzene rings is 1. The van der Waals surface area contributed by atoms with Crippen molar-refractivity contribution < 1.29 is 13.2 Å². The molecule has 142 valence electrons. The van der Waals surface area contributed by atoms with Crippen LogP contribution in [-0.4, -0.2) is 42.3 Å². The van der Waals surface area contributed by atoms with E-state index >= 15 is 0 Å². The fourth-order valence-electron chi connectivity index (χ4n) is 3.37. The van der Waals surface area contributed by atoms with Gasteiger partial charge in [0, 0.05) is 11.2 Å².